The summed E-state index contributed by atoms with van der Waals surface area (Å²) in [7, 11) is 4.09. The molecule has 0 radical (unpaired) electrons. The molecule has 2 rings (SSSR count). The Bertz CT molecular complexity index is 433. The number of nitrogens with two attached hydrogens (primary N) is 1. The predicted octanol–water partition coefficient (Wildman–Crippen LogP) is 2.38. The third-order valence-corrected chi connectivity index (χ3v) is 4.05. The largest absolute Gasteiger partial charge is 0.370 e. The summed E-state index contributed by atoms with van der Waals surface area (Å²) in [6.45, 7) is 3.88. The Balaban J connectivity index is 2.20. The molecule has 106 valence electrons. The molecule has 0 bridgehead atoms. The Hall–Kier alpha value is -1.13. The highest BCUT2D eigenvalue weighted by Gasteiger charge is 2.24. The number of para-hydroxylation sites is 1. The van der Waals surface area contributed by atoms with Crippen LogP contribution in [-0.4, -0.2) is 38.1 Å². The Morgan fingerprint density at radius 3 is 2.84 bits per heavy atom. The summed E-state index contributed by atoms with van der Waals surface area (Å²) in [5.41, 5.74) is 7.48. The van der Waals surface area contributed by atoms with Crippen molar-refractivity contribution in [2.75, 3.05) is 32.1 Å². The van der Waals surface area contributed by atoms with Crippen LogP contribution < -0.4 is 10.6 Å². The lowest BCUT2D eigenvalue weighted by Gasteiger charge is -2.29. The van der Waals surface area contributed by atoms with Gasteiger partial charge in [-0.1, -0.05) is 12.1 Å². The van der Waals surface area contributed by atoms with Gasteiger partial charge in [-0.3, -0.25) is 0 Å². The molecule has 1 unspecified atom stereocenters. The third-order valence-electron chi connectivity index (χ3n) is 4.05. The fourth-order valence-corrected chi connectivity index (χ4v) is 2.92. The van der Waals surface area contributed by atoms with E-state index in [4.69, 9.17) is 5.73 Å². The van der Waals surface area contributed by atoms with E-state index in [0.717, 1.165) is 18.7 Å². The van der Waals surface area contributed by atoms with Crippen LogP contribution in [0.4, 0.5) is 10.1 Å². The maximum absolute atomic E-state index is 14.1. The lowest BCUT2D eigenvalue weighted by atomic mass is 10.0. The highest BCUT2D eigenvalue weighted by molar-refractivity contribution is 5.55. The van der Waals surface area contributed by atoms with E-state index in [2.05, 4.69) is 11.9 Å². The van der Waals surface area contributed by atoms with Crippen molar-refractivity contribution in [3.63, 3.8) is 0 Å². The molecular formula is C15H24FN3. The van der Waals surface area contributed by atoms with Gasteiger partial charge < -0.3 is 15.5 Å². The van der Waals surface area contributed by atoms with E-state index in [0.29, 0.717) is 11.7 Å². The van der Waals surface area contributed by atoms with Crippen LogP contribution in [-0.2, 0) is 0 Å². The molecule has 2 N–H and O–H groups in total. The summed E-state index contributed by atoms with van der Waals surface area (Å²) in [5, 5.41) is 0. The molecule has 1 aromatic carbocycles. The van der Waals surface area contributed by atoms with Gasteiger partial charge in [0, 0.05) is 25.7 Å². The van der Waals surface area contributed by atoms with E-state index in [-0.39, 0.29) is 11.9 Å². The first-order valence-corrected chi connectivity index (χ1v) is 6.96. The second-order valence-corrected chi connectivity index (χ2v) is 5.62. The topological polar surface area (TPSA) is 32.5 Å². The highest BCUT2D eigenvalue weighted by atomic mass is 19.1. The number of hydrogen-bond donors (Lipinski definition) is 1. The zero-order valence-corrected chi connectivity index (χ0v) is 12.1. The lowest BCUT2D eigenvalue weighted by Crippen LogP contribution is -2.37. The van der Waals surface area contributed by atoms with Crippen molar-refractivity contribution >= 4 is 5.69 Å². The molecule has 1 aliphatic rings. The number of likely N-dealkylation sites (tertiary alicyclic amines) is 1. The second kappa shape index (κ2) is 5.88. The Morgan fingerprint density at radius 2 is 2.26 bits per heavy atom. The van der Waals surface area contributed by atoms with Gasteiger partial charge in [0.25, 0.3) is 0 Å². The normalized spacial score (nSPS) is 21.6. The molecule has 19 heavy (non-hydrogen) atoms. The smallest absolute Gasteiger partial charge is 0.146 e. The molecule has 1 aromatic rings. The van der Waals surface area contributed by atoms with Gasteiger partial charge in [-0.15, -0.1) is 0 Å². The van der Waals surface area contributed by atoms with Crippen LogP contribution in [0.25, 0.3) is 0 Å². The number of rotatable bonds is 4. The van der Waals surface area contributed by atoms with Gasteiger partial charge in [0.15, 0.2) is 0 Å². The molecule has 0 spiro atoms. The highest BCUT2D eigenvalue weighted by Crippen LogP contribution is 2.29. The van der Waals surface area contributed by atoms with Crippen molar-refractivity contribution in [1.82, 2.24) is 4.90 Å². The number of anilines is 1. The quantitative estimate of drug-likeness (QED) is 0.907. The van der Waals surface area contributed by atoms with Crippen LogP contribution >= 0.6 is 0 Å². The summed E-state index contributed by atoms with van der Waals surface area (Å²) < 4.78 is 14.1. The zero-order chi connectivity index (χ0) is 14.0. The van der Waals surface area contributed by atoms with Crippen molar-refractivity contribution in [3.8, 4) is 0 Å². The van der Waals surface area contributed by atoms with Crippen LogP contribution in [0, 0.1) is 5.82 Å². The Labute approximate surface area is 115 Å². The minimum absolute atomic E-state index is 0.158. The van der Waals surface area contributed by atoms with E-state index >= 15 is 0 Å². The Kier molecular flexibility index (Phi) is 4.42. The van der Waals surface area contributed by atoms with E-state index in [1.54, 1.807) is 6.07 Å². The fraction of sp³-hybridized carbons (Fsp3) is 0.600. The van der Waals surface area contributed by atoms with Gasteiger partial charge in [-0.05, 0) is 45.0 Å². The van der Waals surface area contributed by atoms with Crippen LogP contribution in [0.3, 0.4) is 0 Å². The number of benzene rings is 1. The molecular weight excluding hydrogens is 241 g/mol. The third kappa shape index (κ3) is 3.07. The predicted molar refractivity (Wildman–Crippen MR) is 77.9 cm³/mol. The molecule has 0 saturated carbocycles. The second-order valence-electron chi connectivity index (χ2n) is 5.62. The van der Waals surface area contributed by atoms with Gasteiger partial charge in [-0.25, -0.2) is 4.39 Å². The molecule has 1 heterocycles. The van der Waals surface area contributed by atoms with Gasteiger partial charge >= 0.3 is 0 Å². The molecule has 0 amide bonds. The van der Waals surface area contributed by atoms with Gasteiger partial charge in [0.1, 0.15) is 5.82 Å². The monoisotopic (exact) mass is 265 g/mol. The summed E-state index contributed by atoms with van der Waals surface area (Å²) in [6, 6.07) is 5.50. The van der Waals surface area contributed by atoms with Gasteiger partial charge in [0.05, 0.1) is 5.69 Å². The summed E-state index contributed by atoms with van der Waals surface area (Å²) in [4.78, 5) is 4.36. The van der Waals surface area contributed by atoms with Gasteiger partial charge in [0.2, 0.25) is 0 Å². The minimum atomic E-state index is -0.182. The first-order chi connectivity index (χ1) is 9.00. The number of halogens is 1. The van der Waals surface area contributed by atoms with E-state index in [9.17, 15) is 4.39 Å². The number of hydrogen-bond acceptors (Lipinski definition) is 3. The molecule has 2 atom stereocenters. The molecule has 4 heteroatoms. The zero-order valence-electron chi connectivity index (χ0n) is 12.1. The minimum Gasteiger partial charge on any atom is -0.370 e. The maximum Gasteiger partial charge on any atom is 0.146 e. The average Bonchev–Trinajstić information content (AvgIpc) is 2.74. The molecule has 0 aromatic heterocycles. The number of likely N-dealkylation sites (N-methyl/N-ethyl adjacent to an activating group) is 2. The summed E-state index contributed by atoms with van der Waals surface area (Å²) >= 11 is 0. The van der Waals surface area contributed by atoms with E-state index in [1.165, 1.54) is 18.9 Å². The van der Waals surface area contributed by atoms with Crippen LogP contribution in [0.1, 0.15) is 31.4 Å². The fourth-order valence-electron chi connectivity index (χ4n) is 2.92. The van der Waals surface area contributed by atoms with E-state index in [1.807, 2.05) is 24.9 Å². The molecule has 1 aliphatic heterocycles. The van der Waals surface area contributed by atoms with Crippen molar-refractivity contribution < 1.29 is 4.39 Å². The van der Waals surface area contributed by atoms with Crippen LogP contribution in [0.2, 0.25) is 0 Å². The van der Waals surface area contributed by atoms with Crippen LogP contribution in [0.5, 0.6) is 0 Å². The molecule has 1 saturated heterocycles. The molecule has 1 fully saturated rings. The lowest BCUT2D eigenvalue weighted by molar-refractivity contribution is 0.313. The van der Waals surface area contributed by atoms with E-state index < -0.39 is 0 Å². The number of nitrogens with zero attached hydrogens (tertiary/aromatic N) is 2. The maximum atomic E-state index is 14.1. The summed E-state index contributed by atoms with van der Waals surface area (Å²) in [6.07, 6.45) is 2.41. The molecule has 0 aliphatic carbocycles. The van der Waals surface area contributed by atoms with Gasteiger partial charge in [-0.2, -0.15) is 0 Å². The summed E-state index contributed by atoms with van der Waals surface area (Å²) in [5.74, 6) is -0.182. The van der Waals surface area contributed by atoms with Crippen molar-refractivity contribution in [1.29, 1.82) is 0 Å². The molecule has 3 nitrogen and oxygen atoms in total. The van der Waals surface area contributed by atoms with Crippen LogP contribution in [0.15, 0.2) is 18.2 Å². The first kappa shape index (κ1) is 14.3. The standard InChI is InChI=1S/C15H24FN3/c1-11(17)13-7-4-8-14(16)15(13)19(3)10-12-6-5-9-18(12)2/h4,7-8,11-12H,5-6,9-10,17H2,1-3H3/t11-,12?/m0/s1. The SMILES string of the molecule is C[C@H](N)c1cccc(F)c1N(C)CC1CCCN1C. The van der Waals surface area contributed by atoms with Crippen molar-refractivity contribution in [2.24, 2.45) is 5.73 Å². The van der Waals surface area contributed by atoms with Crippen molar-refractivity contribution in [3.05, 3.63) is 29.6 Å². The Morgan fingerprint density at radius 1 is 1.53 bits per heavy atom. The average molecular weight is 265 g/mol. The van der Waals surface area contributed by atoms with Crippen molar-refractivity contribution in [2.45, 2.75) is 31.8 Å². The first-order valence-electron chi connectivity index (χ1n) is 6.96.